The van der Waals surface area contributed by atoms with Crippen LogP contribution in [-0.4, -0.2) is 61.1 Å². The molecule has 1 amide bonds. The van der Waals surface area contributed by atoms with E-state index in [-0.39, 0.29) is 11.4 Å². The molecule has 1 unspecified atom stereocenters. The van der Waals surface area contributed by atoms with Gasteiger partial charge in [-0.1, -0.05) is 12.1 Å². The van der Waals surface area contributed by atoms with Gasteiger partial charge in [-0.25, -0.2) is 0 Å². The Morgan fingerprint density at radius 3 is 2.47 bits per heavy atom. The molecule has 2 heterocycles. The van der Waals surface area contributed by atoms with E-state index in [1.54, 1.807) is 14.2 Å². The number of H-pyrrole nitrogens is 1. The Bertz CT molecular complexity index is 1120. The maximum Gasteiger partial charge on any atom is 0.270 e. The van der Waals surface area contributed by atoms with Crippen LogP contribution in [0.1, 0.15) is 49.7 Å². The largest absolute Gasteiger partial charge is 0.497 e. The van der Waals surface area contributed by atoms with Crippen molar-refractivity contribution >= 4 is 16.8 Å². The van der Waals surface area contributed by atoms with Gasteiger partial charge in [-0.15, -0.1) is 0 Å². The first-order valence-electron chi connectivity index (χ1n) is 12.2. The zero-order chi connectivity index (χ0) is 24.3. The van der Waals surface area contributed by atoms with Gasteiger partial charge in [-0.3, -0.25) is 9.69 Å². The molecule has 0 bridgehead atoms. The minimum absolute atomic E-state index is 0.0594. The summed E-state index contributed by atoms with van der Waals surface area (Å²) in [5.74, 6) is 2.17. The molecule has 1 aliphatic rings. The number of carbonyl (C=O) groups is 1. The van der Waals surface area contributed by atoms with Crippen LogP contribution in [0.2, 0.25) is 0 Å². The van der Waals surface area contributed by atoms with Gasteiger partial charge in [-0.2, -0.15) is 0 Å². The van der Waals surface area contributed by atoms with Crippen LogP contribution in [0.3, 0.4) is 0 Å². The molecule has 0 aliphatic carbocycles. The van der Waals surface area contributed by atoms with Crippen LogP contribution in [0.25, 0.3) is 10.9 Å². The smallest absolute Gasteiger partial charge is 0.270 e. The Morgan fingerprint density at radius 1 is 1.09 bits per heavy atom. The third-order valence-electron chi connectivity index (χ3n) is 7.31. The summed E-state index contributed by atoms with van der Waals surface area (Å²) in [5, 5.41) is 0.990. The van der Waals surface area contributed by atoms with Gasteiger partial charge in [0.1, 0.15) is 17.2 Å². The maximum atomic E-state index is 13.4. The molecule has 1 atom stereocenters. The molecule has 1 fully saturated rings. The van der Waals surface area contributed by atoms with Crippen LogP contribution in [0.4, 0.5) is 0 Å². The van der Waals surface area contributed by atoms with Crippen molar-refractivity contribution in [2.45, 2.75) is 39.2 Å². The van der Waals surface area contributed by atoms with Crippen LogP contribution < -0.4 is 9.47 Å². The zero-order valence-corrected chi connectivity index (χ0v) is 21.1. The highest BCUT2D eigenvalue weighted by molar-refractivity contribution is 5.98. The Hall–Kier alpha value is -2.99. The van der Waals surface area contributed by atoms with E-state index in [9.17, 15) is 4.79 Å². The minimum Gasteiger partial charge on any atom is -0.497 e. The topological polar surface area (TPSA) is 57.8 Å². The fourth-order valence-corrected chi connectivity index (χ4v) is 5.09. The van der Waals surface area contributed by atoms with E-state index in [0.29, 0.717) is 18.2 Å². The zero-order valence-electron chi connectivity index (χ0n) is 21.1. The first kappa shape index (κ1) is 24.1. The van der Waals surface area contributed by atoms with Crippen molar-refractivity contribution in [2.24, 2.45) is 5.92 Å². The molecule has 1 N–H and O–H groups in total. The van der Waals surface area contributed by atoms with E-state index in [0.717, 1.165) is 54.9 Å². The fourth-order valence-electron chi connectivity index (χ4n) is 5.09. The number of rotatable bonds is 8. The molecule has 6 heteroatoms. The number of fused-ring (bicyclic) bond motifs is 1. The normalized spacial score (nSPS) is 17.0. The van der Waals surface area contributed by atoms with Crippen molar-refractivity contribution in [3.8, 4) is 11.5 Å². The Kier molecular flexibility index (Phi) is 7.17. The highest BCUT2D eigenvalue weighted by Crippen LogP contribution is 2.33. The molecule has 0 radical (unpaired) electrons. The van der Waals surface area contributed by atoms with Crippen LogP contribution in [-0.2, 0) is 5.54 Å². The van der Waals surface area contributed by atoms with Gasteiger partial charge < -0.3 is 19.4 Å². The molecule has 34 heavy (non-hydrogen) atoms. The number of likely N-dealkylation sites (tertiary alicyclic amines) is 1. The third-order valence-corrected chi connectivity index (χ3v) is 7.31. The SMILES string of the molecule is CCN(CC1CCCN(C(C)(C)c2ccc(OC)cc2)C1)C(=O)c1cc2cc(OC)ccc2[nH]1. The lowest BCUT2D eigenvalue weighted by Gasteiger charge is -2.45. The summed E-state index contributed by atoms with van der Waals surface area (Å²) in [7, 11) is 3.35. The van der Waals surface area contributed by atoms with Gasteiger partial charge in [0.25, 0.3) is 5.91 Å². The van der Waals surface area contributed by atoms with Gasteiger partial charge in [-0.05, 0) is 88.0 Å². The Labute approximate surface area is 202 Å². The number of ether oxygens (including phenoxy) is 2. The first-order chi connectivity index (χ1) is 16.3. The number of aromatic nitrogens is 1. The van der Waals surface area contributed by atoms with Gasteiger partial charge in [0, 0.05) is 36.1 Å². The van der Waals surface area contributed by atoms with Gasteiger partial charge in [0.05, 0.1) is 14.2 Å². The van der Waals surface area contributed by atoms with Gasteiger partial charge in [0.2, 0.25) is 0 Å². The summed E-state index contributed by atoms with van der Waals surface area (Å²) < 4.78 is 10.7. The predicted octanol–water partition coefficient (Wildman–Crippen LogP) is 5.29. The van der Waals surface area contributed by atoms with E-state index in [2.05, 4.69) is 42.8 Å². The standard InChI is InChI=1S/C28H37N3O3/c1-6-30(27(32)26-17-21-16-24(34-5)13-14-25(21)29-26)18-20-8-7-15-31(19-20)28(2,3)22-9-11-23(33-4)12-10-22/h9-14,16-17,20,29H,6-8,15,18-19H2,1-5H3. The molecule has 3 aromatic rings. The summed E-state index contributed by atoms with van der Waals surface area (Å²) >= 11 is 0. The van der Waals surface area contributed by atoms with E-state index < -0.39 is 0 Å². The summed E-state index contributed by atoms with van der Waals surface area (Å²) in [4.78, 5) is 21.2. The lowest BCUT2D eigenvalue weighted by molar-refractivity contribution is 0.0461. The Balaban J connectivity index is 1.45. The van der Waals surface area contributed by atoms with Crippen LogP contribution in [0, 0.1) is 5.92 Å². The van der Waals surface area contributed by atoms with Crippen LogP contribution >= 0.6 is 0 Å². The van der Waals surface area contributed by atoms with E-state index in [1.165, 1.54) is 5.56 Å². The molecule has 1 saturated heterocycles. The number of amides is 1. The average Bonchev–Trinajstić information content (AvgIpc) is 3.30. The van der Waals surface area contributed by atoms with Gasteiger partial charge >= 0.3 is 0 Å². The van der Waals surface area contributed by atoms with Crippen molar-refractivity contribution in [1.29, 1.82) is 0 Å². The molecule has 4 rings (SSSR count). The lowest BCUT2D eigenvalue weighted by atomic mass is 9.87. The minimum atomic E-state index is -0.0811. The molecule has 0 saturated carbocycles. The molecule has 1 aliphatic heterocycles. The number of nitrogens with one attached hydrogen (secondary N) is 1. The summed E-state index contributed by atoms with van der Waals surface area (Å²) in [5.41, 5.74) is 2.79. The van der Waals surface area contributed by atoms with Crippen molar-refractivity contribution in [1.82, 2.24) is 14.8 Å². The van der Waals surface area contributed by atoms with Crippen molar-refractivity contribution in [3.63, 3.8) is 0 Å². The van der Waals surface area contributed by atoms with Gasteiger partial charge in [0.15, 0.2) is 0 Å². The summed E-state index contributed by atoms with van der Waals surface area (Å²) in [6.45, 7) is 10.1. The second-order valence-electron chi connectivity index (χ2n) is 9.72. The number of aromatic amines is 1. The fraction of sp³-hybridized carbons (Fsp3) is 0.464. The monoisotopic (exact) mass is 463 g/mol. The molecule has 6 nitrogen and oxygen atoms in total. The van der Waals surface area contributed by atoms with E-state index >= 15 is 0 Å². The van der Waals surface area contributed by atoms with Crippen molar-refractivity contribution < 1.29 is 14.3 Å². The second kappa shape index (κ2) is 10.1. The van der Waals surface area contributed by atoms with Crippen LogP contribution in [0.15, 0.2) is 48.5 Å². The molecule has 182 valence electrons. The van der Waals surface area contributed by atoms with E-state index in [4.69, 9.17) is 9.47 Å². The first-order valence-corrected chi connectivity index (χ1v) is 12.2. The van der Waals surface area contributed by atoms with E-state index in [1.807, 2.05) is 41.3 Å². The van der Waals surface area contributed by atoms with Crippen molar-refractivity contribution in [2.75, 3.05) is 40.4 Å². The number of piperidine rings is 1. The maximum absolute atomic E-state index is 13.4. The predicted molar refractivity (Wildman–Crippen MR) is 137 cm³/mol. The lowest BCUT2D eigenvalue weighted by Crippen LogP contribution is -2.49. The number of benzene rings is 2. The molecular formula is C28H37N3O3. The number of hydrogen-bond acceptors (Lipinski definition) is 4. The number of hydrogen-bond donors (Lipinski definition) is 1. The number of nitrogens with zero attached hydrogens (tertiary/aromatic N) is 2. The molecule has 2 aromatic carbocycles. The number of methoxy groups -OCH3 is 2. The van der Waals surface area contributed by atoms with Crippen molar-refractivity contribution in [3.05, 3.63) is 59.8 Å². The second-order valence-corrected chi connectivity index (χ2v) is 9.72. The third kappa shape index (κ3) is 4.92. The quantitative estimate of drug-likeness (QED) is 0.493. The molecule has 0 spiro atoms. The van der Waals surface area contributed by atoms with Crippen LogP contribution in [0.5, 0.6) is 11.5 Å². The summed E-state index contributed by atoms with van der Waals surface area (Å²) in [6, 6.07) is 16.2. The highest BCUT2D eigenvalue weighted by Gasteiger charge is 2.34. The Morgan fingerprint density at radius 2 is 1.79 bits per heavy atom. The summed E-state index contributed by atoms with van der Waals surface area (Å²) in [6.07, 6.45) is 2.28. The highest BCUT2D eigenvalue weighted by atomic mass is 16.5. The molecule has 1 aromatic heterocycles. The average molecular weight is 464 g/mol. The molecular weight excluding hydrogens is 426 g/mol. The number of carbonyl (C=O) groups excluding carboxylic acids is 1.